The molecule has 1 unspecified atom stereocenters. The number of hydrogen-bond donors (Lipinski definition) is 1. The predicted molar refractivity (Wildman–Crippen MR) is 130 cm³/mol. The average Bonchev–Trinajstić information content (AvgIpc) is 3.26. The Hall–Kier alpha value is -3.14. The van der Waals surface area contributed by atoms with E-state index in [-0.39, 0.29) is 11.8 Å². The van der Waals surface area contributed by atoms with E-state index in [2.05, 4.69) is 30.7 Å². The molecular weight excluding hydrogens is 434 g/mol. The summed E-state index contributed by atoms with van der Waals surface area (Å²) < 4.78 is 2.09. The van der Waals surface area contributed by atoms with Gasteiger partial charge in [-0.15, -0.1) is 0 Å². The van der Waals surface area contributed by atoms with Gasteiger partial charge in [-0.2, -0.15) is 0 Å². The highest BCUT2D eigenvalue weighted by Gasteiger charge is 2.25. The molecule has 3 aromatic rings. The third kappa shape index (κ3) is 6.44. The number of likely N-dealkylation sites (tertiary alicyclic amines) is 1. The van der Waals surface area contributed by atoms with Gasteiger partial charge in [0.25, 0.3) is 0 Å². The van der Waals surface area contributed by atoms with Crippen molar-refractivity contribution in [2.24, 2.45) is 5.92 Å². The summed E-state index contributed by atoms with van der Waals surface area (Å²) in [5.74, 6) is 0.149. The van der Waals surface area contributed by atoms with Gasteiger partial charge in [-0.05, 0) is 42.6 Å². The Morgan fingerprint density at radius 3 is 2.82 bits per heavy atom. The van der Waals surface area contributed by atoms with E-state index in [0.717, 1.165) is 55.2 Å². The molecule has 7 heteroatoms. The fraction of sp³-hybridized carbons (Fsp3) is 0.346. The third-order valence-electron chi connectivity index (χ3n) is 6.07. The zero-order valence-corrected chi connectivity index (χ0v) is 19.3. The maximum atomic E-state index is 12.8. The summed E-state index contributed by atoms with van der Waals surface area (Å²) >= 11 is 6.11. The fourth-order valence-electron chi connectivity index (χ4n) is 4.34. The number of benzene rings is 2. The second-order valence-corrected chi connectivity index (χ2v) is 8.97. The number of rotatable bonds is 8. The molecule has 1 atom stereocenters. The van der Waals surface area contributed by atoms with Crippen LogP contribution in [0.3, 0.4) is 0 Å². The van der Waals surface area contributed by atoms with Crippen molar-refractivity contribution in [3.05, 3.63) is 94.3 Å². The number of aromatic nitrogens is 2. The van der Waals surface area contributed by atoms with E-state index >= 15 is 0 Å². The van der Waals surface area contributed by atoms with Gasteiger partial charge in [0.05, 0.1) is 18.8 Å². The van der Waals surface area contributed by atoms with Crippen molar-refractivity contribution < 1.29 is 4.79 Å². The van der Waals surface area contributed by atoms with Crippen LogP contribution in [0, 0.1) is 12.5 Å². The molecule has 1 N–H and O–H groups in total. The number of hydrogen-bond acceptors (Lipinski definition) is 3. The summed E-state index contributed by atoms with van der Waals surface area (Å²) in [6.45, 7) is 11.0. The quantitative estimate of drug-likeness (QED) is 0.494. The summed E-state index contributed by atoms with van der Waals surface area (Å²) in [5.41, 5.74) is 4.02. The predicted octanol–water partition coefficient (Wildman–Crippen LogP) is 4.71. The Morgan fingerprint density at radius 2 is 2.03 bits per heavy atom. The van der Waals surface area contributed by atoms with Crippen LogP contribution in [0.25, 0.3) is 4.85 Å². The van der Waals surface area contributed by atoms with Crippen molar-refractivity contribution in [1.29, 1.82) is 0 Å². The second kappa shape index (κ2) is 11.1. The van der Waals surface area contributed by atoms with Crippen LogP contribution < -0.4 is 5.32 Å². The molecular formula is C26H28ClN5O. The van der Waals surface area contributed by atoms with Crippen molar-refractivity contribution >= 4 is 23.2 Å². The van der Waals surface area contributed by atoms with E-state index in [0.29, 0.717) is 18.8 Å². The van der Waals surface area contributed by atoms with Gasteiger partial charge >= 0.3 is 0 Å². The summed E-state index contributed by atoms with van der Waals surface area (Å²) in [6, 6.07) is 15.5. The molecule has 33 heavy (non-hydrogen) atoms. The van der Waals surface area contributed by atoms with Gasteiger partial charge < -0.3 is 9.88 Å². The molecule has 0 bridgehead atoms. The lowest BCUT2D eigenvalue weighted by atomic mass is 9.96. The van der Waals surface area contributed by atoms with Gasteiger partial charge in [0.1, 0.15) is 0 Å². The topological polar surface area (TPSA) is 54.5 Å². The minimum absolute atomic E-state index is 0.0174. The van der Waals surface area contributed by atoms with Crippen LogP contribution in [0.15, 0.2) is 61.1 Å². The van der Waals surface area contributed by atoms with E-state index in [4.69, 9.17) is 18.2 Å². The van der Waals surface area contributed by atoms with Crippen LogP contribution in [-0.2, 0) is 24.3 Å². The summed E-state index contributed by atoms with van der Waals surface area (Å²) in [6.07, 6.45) is 6.35. The molecule has 0 saturated carbocycles. The van der Waals surface area contributed by atoms with Gasteiger partial charge in [0.2, 0.25) is 5.91 Å². The maximum Gasteiger partial charge on any atom is 0.224 e. The van der Waals surface area contributed by atoms with Crippen LogP contribution >= 0.6 is 11.6 Å². The molecule has 0 spiro atoms. The van der Waals surface area contributed by atoms with Crippen molar-refractivity contribution in [3.8, 4) is 0 Å². The Morgan fingerprint density at radius 1 is 1.18 bits per heavy atom. The van der Waals surface area contributed by atoms with Crippen LogP contribution in [-0.4, -0.2) is 40.0 Å². The van der Waals surface area contributed by atoms with E-state index in [1.54, 1.807) is 0 Å². The Balaban J connectivity index is 1.25. The minimum Gasteiger partial charge on any atom is -0.355 e. The number of piperidine rings is 1. The number of nitrogens with zero attached hydrogens (tertiary/aromatic N) is 4. The SMILES string of the molecule is [C-]#[N+]c1ccc(Cn2cncc2CCNC(=O)C2CCCN(Cc3cccc(Cl)c3)C2)cc1. The number of halogens is 1. The first-order valence-electron chi connectivity index (χ1n) is 11.3. The largest absolute Gasteiger partial charge is 0.355 e. The normalized spacial score (nSPS) is 16.3. The monoisotopic (exact) mass is 461 g/mol. The van der Waals surface area contributed by atoms with Gasteiger partial charge in [-0.25, -0.2) is 9.83 Å². The molecule has 0 aliphatic carbocycles. The highest BCUT2D eigenvalue weighted by atomic mass is 35.5. The summed E-state index contributed by atoms with van der Waals surface area (Å²) in [5, 5.41) is 3.88. The van der Waals surface area contributed by atoms with E-state index in [9.17, 15) is 4.79 Å². The van der Waals surface area contributed by atoms with E-state index in [1.165, 1.54) is 5.56 Å². The Bertz CT molecular complexity index is 1120. The molecule has 170 valence electrons. The molecule has 1 amide bonds. The van der Waals surface area contributed by atoms with Crippen molar-refractivity contribution in [1.82, 2.24) is 19.8 Å². The zero-order valence-electron chi connectivity index (χ0n) is 18.6. The standard InChI is InChI=1S/C26H28ClN5O/c1-28-24-9-7-20(8-10-24)17-32-19-29-15-25(32)11-12-30-26(33)22-5-3-13-31(18-22)16-21-4-2-6-23(27)14-21/h2,4,6-10,14-15,19,22H,3,5,11-13,16-18H2,(H,30,33). The second-order valence-electron chi connectivity index (χ2n) is 8.54. The lowest BCUT2D eigenvalue weighted by molar-refractivity contribution is -0.126. The number of carbonyl (C=O) groups excluding carboxylic acids is 1. The van der Waals surface area contributed by atoms with Gasteiger partial charge in [0, 0.05) is 49.5 Å². The maximum absolute atomic E-state index is 12.8. The fourth-order valence-corrected chi connectivity index (χ4v) is 4.55. The zero-order chi connectivity index (χ0) is 23.0. The number of carbonyl (C=O) groups is 1. The average molecular weight is 462 g/mol. The number of imidazole rings is 1. The molecule has 2 aromatic carbocycles. The molecule has 4 rings (SSSR count). The molecule has 1 saturated heterocycles. The first-order chi connectivity index (χ1) is 16.1. The number of amides is 1. The highest BCUT2D eigenvalue weighted by molar-refractivity contribution is 6.30. The summed E-state index contributed by atoms with van der Waals surface area (Å²) in [7, 11) is 0. The molecule has 6 nitrogen and oxygen atoms in total. The lowest BCUT2D eigenvalue weighted by Crippen LogP contribution is -2.43. The first kappa shape index (κ1) is 23.0. The lowest BCUT2D eigenvalue weighted by Gasteiger charge is -2.32. The smallest absolute Gasteiger partial charge is 0.224 e. The molecule has 1 aliphatic heterocycles. The van der Waals surface area contributed by atoms with Crippen molar-refractivity contribution in [2.45, 2.75) is 32.4 Å². The molecule has 2 heterocycles. The van der Waals surface area contributed by atoms with Gasteiger partial charge in [-0.1, -0.05) is 48.0 Å². The van der Waals surface area contributed by atoms with E-state index < -0.39 is 0 Å². The van der Waals surface area contributed by atoms with E-state index in [1.807, 2.05) is 55.0 Å². The Kier molecular flexibility index (Phi) is 7.77. The third-order valence-corrected chi connectivity index (χ3v) is 6.30. The molecule has 0 radical (unpaired) electrons. The van der Waals surface area contributed by atoms with Crippen LogP contribution in [0.4, 0.5) is 5.69 Å². The number of nitrogens with one attached hydrogen (secondary N) is 1. The van der Waals surface area contributed by atoms with Crippen LogP contribution in [0.5, 0.6) is 0 Å². The van der Waals surface area contributed by atoms with Crippen molar-refractivity contribution in [3.63, 3.8) is 0 Å². The molecule has 1 fully saturated rings. The summed E-state index contributed by atoms with van der Waals surface area (Å²) in [4.78, 5) is 22.9. The molecule has 1 aromatic heterocycles. The Labute approximate surface area is 200 Å². The van der Waals surface area contributed by atoms with Gasteiger partial charge in [-0.3, -0.25) is 9.69 Å². The molecule has 1 aliphatic rings. The first-order valence-corrected chi connectivity index (χ1v) is 11.7. The highest BCUT2D eigenvalue weighted by Crippen LogP contribution is 2.20. The van der Waals surface area contributed by atoms with Gasteiger partial charge in [0.15, 0.2) is 5.69 Å². The van der Waals surface area contributed by atoms with Crippen LogP contribution in [0.2, 0.25) is 5.02 Å². The van der Waals surface area contributed by atoms with Crippen molar-refractivity contribution in [2.75, 3.05) is 19.6 Å². The van der Waals surface area contributed by atoms with Crippen LogP contribution in [0.1, 0.15) is 29.7 Å². The minimum atomic E-state index is 0.0174.